The molecule has 4 rings (SSSR count). The molecule has 0 radical (unpaired) electrons. The third kappa shape index (κ3) is 4.71. The highest BCUT2D eigenvalue weighted by molar-refractivity contribution is 5.84. The highest BCUT2D eigenvalue weighted by atomic mass is 16.5. The average molecular weight is 453 g/mol. The van der Waals surface area contributed by atoms with Gasteiger partial charge in [-0.1, -0.05) is 48.5 Å². The van der Waals surface area contributed by atoms with E-state index in [4.69, 9.17) is 14.6 Å². The summed E-state index contributed by atoms with van der Waals surface area (Å²) < 4.78 is 11.1. The van der Waals surface area contributed by atoms with Gasteiger partial charge in [-0.2, -0.15) is 0 Å². The number of carboxylic acid groups (broad SMARTS) is 1. The van der Waals surface area contributed by atoms with Crippen LogP contribution in [0, 0.1) is 5.41 Å². The summed E-state index contributed by atoms with van der Waals surface area (Å²) in [6.45, 7) is 2.51. The Kier molecular flexibility index (Phi) is 6.65. The van der Waals surface area contributed by atoms with Crippen LogP contribution in [0.4, 0.5) is 4.79 Å². The van der Waals surface area contributed by atoms with Crippen molar-refractivity contribution < 1.29 is 29.0 Å². The van der Waals surface area contributed by atoms with Crippen molar-refractivity contribution in [1.29, 1.82) is 0 Å². The number of alkyl carbamates (subject to hydrolysis) is 1. The van der Waals surface area contributed by atoms with Crippen molar-refractivity contribution in [3.63, 3.8) is 0 Å². The van der Waals surface area contributed by atoms with Gasteiger partial charge in [-0.3, -0.25) is 9.59 Å². The Morgan fingerprint density at radius 2 is 1.73 bits per heavy atom. The molecule has 0 saturated carbocycles. The minimum absolute atomic E-state index is 0.0189. The van der Waals surface area contributed by atoms with Gasteiger partial charge in [0.05, 0.1) is 24.7 Å². The van der Waals surface area contributed by atoms with Gasteiger partial charge in [-0.05, 0) is 35.6 Å². The summed E-state index contributed by atoms with van der Waals surface area (Å²) in [4.78, 5) is 36.0. The minimum Gasteiger partial charge on any atom is -0.481 e. The zero-order valence-corrected chi connectivity index (χ0v) is 18.5. The van der Waals surface area contributed by atoms with E-state index < -0.39 is 23.5 Å². The molecule has 0 bridgehead atoms. The van der Waals surface area contributed by atoms with Gasteiger partial charge in [0.15, 0.2) is 0 Å². The molecule has 8 nitrogen and oxygen atoms in total. The van der Waals surface area contributed by atoms with Gasteiger partial charge >= 0.3 is 12.1 Å². The van der Waals surface area contributed by atoms with Crippen LogP contribution < -0.4 is 10.6 Å². The minimum atomic E-state index is -0.963. The maximum Gasteiger partial charge on any atom is 0.407 e. The summed E-state index contributed by atoms with van der Waals surface area (Å²) in [5.41, 5.74) is 3.59. The van der Waals surface area contributed by atoms with E-state index >= 15 is 0 Å². The van der Waals surface area contributed by atoms with E-state index in [2.05, 4.69) is 34.9 Å². The van der Waals surface area contributed by atoms with Crippen LogP contribution in [0.15, 0.2) is 48.5 Å². The van der Waals surface area contributed by atoms with E-state index in [9.17, 15) is 14.4 Å². The average Bonchev–Trinajstić information content (AvgIpc) is 3.33. The number of carboxylic acids is 1. The smallest absolute Gasteiger partial charge is 0.407 e. The van der Waals surface area contributed by atoms with Gasteiger partial charge in [-0.15, -0.1) is 0 Å². The lowest BCUT2D eigenvalue weighted by atomic mass is 9.84. The molecule has 174 valence electrons. The van der Waals surface area contributed by atoms with E-state index in [0.29, 0.717) is 6.42 Å². The molecule has 8 heteroatoms. The zero-order chi connectivity index (χ0) is 23.4. The Balaban J connectivity index is 1.35. The summed E-state index contributed by atoms with van der Waals surface area (Å²) in [6, 6.07) is 15.7. The Morgan fingerprint density at radius 1 is 1.09 bits per heavy atom. The molecule has 2 amide bonds. The summed E-state index contributed by atoms with van der Waals surface area (Å²) in [6.07, 6.45) is -0.283. The molecule has 0 aromatic heterocycles. The van der Waals surface area contributed by atoms with Crippen LogP contribution in [0.1, 0.15) is 36.8 Å². The lowest BCUT2D eigenvalue weighted by Crippen LogP contribution is -2.53. The first-order valence-corrected chi connectivity index (χ1v) is 11.1. The van der Waals surface area contributed by atoms with E-state index in [0.717, 1.165) is 22.3 Å². The number of ether oxygens (including phenoxy) is 2. The Labute approximate surface area is 192 Å². The second kappa shape index (κ2) is 9.62. The highest BCUT2D eigenvalue weighted by Gasteiger charge is 2.47. The van der Waals surface area contributed by atoms with Crippen LogP contribution in [-0.4, -0.2) is 55.5 Å². The lowest BCUT2D eigenvalue weighted by molar-refractivity contribution is -0.137. The second-order valence-corrected chi connectivity index (χ2v) is 8.71. The number of benzene rings is 2. The number of fused-ring (bicyclic) bond motifs is 3. The van der Waals surface area contributed by atoms with Crippen molar-refractivity contribution in [2.45, 2.75) is 31.7 Å². The topological polar surface area (TPSA) is 114 Å². The fourth-order valence-electron chi connectivity index (χ4n) is 4.52. The molecule has 1 aliphatic heterocycles. The Hall–Kier alpha value is -3.39. The van der Waals surface area contributed by atoms with Crippen LogP contribution in [0.3, 0.4) is 0 Å². The normalized spacial score (nSPS) is 21.2. The predicted molar refractivity (Wildman–Crippen MR) is 121 cm³/mol. The largest absolute Gasteiger partial charge is 0.481 e. The predicted octanol–water partition coefficient (Wildman–Crippen LogP) is 2.91. The van der Waals surface area contributed by atoms with Crippen molar-refractivity contribution in [2.75, 3.05) is 26.4 Å². The Bertz CT molecular complexity index is 1010. The summed E-state index contributed by atoms with van der Waals surface area (Å²) in [5, 5.41) is 14.3. The zero-order valence-electron chi connectivity index (χ0n) is 18.5. The molecule has 2 aromatic carbocycles. The van der Waals surface area contributed by atoms with Crippen molar-refractivity contribution in [3.8, 4) is 11.1 Å². The molecule has 2 atom stereocenters. The number of nitrogens with one attached hydrogen (secondary N) is 2. The molecular weight excluding hydrogens is 424 g/mol. The maximum atomic E-state index is 12.7. The molecule has 2 aliphatic rings. The van der Waals surface area contributed by atoms with Crippen molar-refractivity contribution in [2.24, 2.45) is 5.41 Å². The first kappa shape index (κ1) is 22.8. The molecular formula is C25H28N2O6. The maximum absolute atomic E-state index is 12.7. The molecule has 2 unspecified atom stereocenters. The van der Waals surface area contributed by atoms with Gasteiger partial charge < -0.3 is 25.2 Å². The number of carbonyl (C=O) groups is 3. The fourth-order valence-corrected chi connectivity index (χ4v) is 4.52. The Morgan fingerprint density at radius 3 is 2.36 bits per heavy atom. The first-order valence-electron chi connectivity index (χ1n) is 11.1. The summed E-state index contributed by atoms with van der Waals surface area (Å²) >= 11 is 0. The van der Waals surface area contributed by atoms with E-state index in [1.54, 1.807) is 6.92 Å². The first-order chi connectivity index (χ1) is 15.9. The summed E-state index contributed by atoms with van der Waals surface area (Å²) in [5.74, 6) is -1.24. The molecule has 0 spiro atoms. The number of aliphatic carboxylic acids is 1. The number of hydrogen-bond acceptors (Lipinski definition) is 5. The van der Waals surface area contributed by atoms with Crippen LogP contribution in [0.2, 0.25) is 0 Å². The van der Waals surface area contributed by atoms with Crippen molar-refractivity contribution >= 4 is 18.0 Å². The van der Waals surface area contributed by atoms with Gasteiger partial charge in [0, 0.05) is 18.9 Å². The highest BCUT2D eigenvalue weighted by Crippen LogP contribution is 2.44. The van der Waals surface area contributed by atoms with Gasteiger partial charge in [-0.25, -0.2) is 4.79 Å². The second-order valence-electron chi connectivity index (χ2n) is 8.71. The van der Waals surface area contributed by atoms with Crippen LogP contribution in [0.5, 0.6) is 0 Å². The third-order valence-corrected chi connectivity index (χ3v) is 6.46. The van der Waals surface area contributed by atoms with Crippen molar-refractivity contribution in [3.05, 3.63) is 59.7 Å². The standard InChI is InChI=1S/C25H28N2O6/c1-25(23(30)26-12-6-11-22(28)29)15-32-14-21(25)27-24(31)33-13-20-18-9-4-2-7-16(18)17-8-3-5-10-19(17)20/h2-5,7-10,20-21H,6,11-15H2,1H3,(H,26,30)(H,27,31)(H,28,29). The van der Waals surface area contributed by atoms with Gasteiger partial charge in [0.2, 0.25) is 5.91 Å². The molecule has 2 aromatic rings. The molecule has 33 heavy (non-hydrogen) atoms. The number of hydrogen-bond donors (Lipinski definition) is 3. The number of carbonyl (C=O) groups excluding carboxylic acids is 2. The van der Waals surface area contributed by atoms with Gasteiger partial charge in [0.1, 0.15) is 6.61 Å². The SMILES string of the molecule is CC1(C(=O)NCCCC(=O)O)COCC1NC(=O)OCC1c2ccccc2-c2ccccc21. The monoisotopic (exact) mass is 452 g/mol. The van der Waals surface area contributed by atoms with Crippen molar-refractivity contribution in [1.82, 2.24) is 10.6 Å². The van der Waals surface area contributed by atoms with Crippen LogP contribution in [-0.2, 0) is 19.1 Å². The quantitative estimate of drug-likeness (QED) is 0.531. The fraction of sp³-hybridized carbons (Fsp3) is 0.400. The molecule has 1 heterocycles. The molecule has 1 fully saturated rings. The van der Waals surface area contributed by atoms with E-state index in [1.165, 1.54) is 0 Å². The number of rotatable bonds is 8. The lowest BCUT2D eigenvalue weighted by Gasteiger charge is -2.28. The van der Waals surface area contributed by atoms with Crippen LogP contribution in [0.25, 0.3) is 11.1 Å². The van der Waals surface area contributed by atoms with E-state index in [1.807, 2.05) is 24.3 Å². The van der Waals surface area contributed by atoms with Crippen LogP contribution >= 0.6 is 0 Å². The van der Waals surface area contributed by atoms with E-state index in [-0.39, 0.29) is 44.6 Å². The number of amides is 2. The summed E-state index contributed by atoms with van der Waals surface area (Å²) in [7, 11) is 0. The third-order valence-electron chi connectivity index (χ3n) is 6.46. The molecule has 1 aliphatic carbocycles. The molecule has 1 saturated heterocycles. The molecule has 3 N–H and O–H groups in total. The van der Waals surface area contributed by atoms with Gasteiger partial charge in [0.25, 0.3) is 0 Å².